The molecule has 4 aromatic rings. The number of non-ortho nitro benzene ring substituents is 1. The standard InChI is InChI=1S/C22H21N5O3S/c1-2-16-5-3-6-19-20(16)24-22(31-19)26(13-4-12-25-14-11-23-15-25)21(28)17-7-9-18(10-8-17)27(29)30/h3,5-11,14-15H,2,4,12-13H2,1H3. The molecular formula is C22H21N5O3S. The number of thiazole rings is 1. The van der Waals surface area contributed by atoms with E-state index in [1.54, 1.807) is 17.4 Å². The van der Waals surface area contributed by atoms with Gasteiger partial charge in [-0.2, -0.15) is 0 Å². The summed E-state index contributed by atoms with van der Waals surface area (Å²) in [5, 5.41) is 11.6. The summed E-state index contributed by atoms with van der Waals surface area (Å²) in [5.41, 5.74) is 2.40. The molecule has 0 unspecified atom stereocenters. The third-order valence-corrected chi connectivity index (χ3v) is 6.07. The molecule has 1 amide bonds. The molecule has 2 aromatic heterocycles. The lowest BCUT2D eigenvalue weighted by Crippen LogP contribution is -2.32. The maximum atomic E-state index is 13.4. The van der Waals surface area contributed by atoms with Crippen molar-refractivity contribution in [3.63, 3.8) is 0 Å². The van der Waals surface area contributed by atoms with Gasteiger partial charge in [0, 0.05) is 43.2 Å². The highest BCUT2D eigenvalue weighted by molar-refractivity contribution is 7.22. The van der Waals surface area contributed by atoms with Gasteiger partial charge in [-0.1, -0.05) is 30.4 Å². The van der Waals surface area contributed by atoms with Crippen molar-refractivity contribution in [3.05, 3.63) is 82.4 Å². The number of amides is 1. The van der Waals surface area contributed by atoms with Gasteiger partial charge in [-0.25, -0.2) is 9.97 Å². The van der Waals surface area contributed by atoms with E-state index in [-0.39, 0.29) is 11.6 Å². The minimum Gasteiger partial charge on any atom is -0.337 e. The van der Waals surface area contributed by atoms with Gasteiger partial charge in [0.2, 0.25) is 0 Å². The van der Waals surface area contributed by atoms with Gasteiger partial charge in [0.15, 0.2) is 5.13 Å². The average molecular weight is 436 g/mol. The number of nitro groups is 1. The molecule has 0 atom stereocenters. The number of hydrogen-bond acceptors (Lipinski definition) is 6. The third-order valence-electron chi connectivity index (χ3n) is 5.03. The second-order valence-electron chi connectivity index (χ2n) is 7.03. The predicted octanol–water partition coefficient (Wildman–Crippen LogP) is 4.70. The van der Waals surface area contributed by atoms with E-state index >= 15 is 0 Å². The minimum atomic E-state index is -0.475. The number of aromatic nitrogens is 3. The van der Waals surface area contributed by atoms with Crippen molar-refractivity contribution in [1.29, 1.82) is 0 Å². The van der Waals surface area contributed by atoms with E-state index in [1.807, 2.05) is 29.0 Å². The van der Waals surface area contributed by atoms with Crippen LogP contribution in [0.3, 0.4) is 0 Å². The van der Waals surface area contributed by atoms with Gasteiger partial charge in [0.05, 0.1) is 21.5 Å². The van der Waals surface area contributed by atoms with Gasteiger partial charge in [0.1, 0.15) is 0 Å². The van der Waals surface area contributed by atoms with Crippen LogP contribution in [0.15, 0.2) is 61.2 Å². The molecule has 0 saturated heterocycles. The summed E-state index contributed by atoms with van der Waals surface area (Å²) in [5.74, 6) is -0.224. The van der Waals surface area contributed by atoms with Gasteiger partial charge >= 0.3 is 0 Å². The average Bonchev–Trinajstić information content (AvgIpc) is 3.45. The van der Waals surface area contributed by atoms with Crippen molar-refractivity contribution in [2.45, 2.75) is 26.3 Å². The van der Waals surface area contributed by atoms with Crippen molar-refractivity contribution in [1.82, 2.24) is 14.5 Å². The largest absolute Gasteiger partial charge is 0.337 e. The summed E-state index contributed by atoms with van der Waals surface area (Å²) in [6.45, 7) is 3.27. The van der Waals surface area contributed by atoms with E-state index in [2.05, 4.69) is 11.9 Å². The molecule has 0 fully saturated rings. The maximum absolute atomic E-state index is 13.4. The van der Waals surface area contributed by atoms with E-state index in [9.17, 15) is 14.9 Å². The number of benzene rings is 2. The Bertz CT molecular complexity index is 1200. The smallest absolute Gasteiger partial charge is 0.269 e. The first-order chi connectivity index (χ1) is 15.1. The monoisotopic (exact) mass is 435 g/mol. The summed E-state index contributed by atoms with van der Waals surface area (Å²) in [7, 11) is 0. The van der Waals surface area contributed by atoms with Gasteiger partial charge in [0.25, 0.3) is 11.6 Å². The van der Waals surface area contributed by atoms with Crippen LogP contribution in [0.2, 0.25) is 0 Å². The van der Waals surface area contributed by atoms with Crippen molar-refractivity contribution < 1.29 is 9.72 Å². The van der Waals surface area contributed by atoms with Crippen LogP contribution < -0.4 is 4.90 Å². The Hall–Kier alpha value is -3.59. The lowest BCUT2D eigenvalue weighted by atomic mass is 10.1. The molecular weight excluding hydrogens is 414 g/mol. The van der Waals surface area contributed by atoms with E-state index < -0.39 is 4.92 Å². The Morgan fingerprint density at radius 2 is 2.03 bits per heavy atom. The number of carbonyl (C=O) groups excluding carboxylic acids is 1. The van der Waals surface area contributed by atoms with Gasteiger partial charge < -0.3 is 4.57 Å². The number of imidazole rings is 1. The summed E-state index contributed by atoms with van der Waals surface area (Å²) >= 11 is 1.48. The number of nitrogens with zero attached hydrogens (tertiary/aromatic N) is 5. The van der Waals surface area contributed by atoms with Crippen molar-refractivity contribution in [2.24, 2.45) is 0 Å². The number of para-hydroxylation sites is 1. The van der Waals surface area contributed by atoms with Crippen molar-refractivity contribution in [2.75, 3.05) is 11.4 Å². The van der Waals surface area contributed by atoms with E-state index in [4.69, 9.17) is 4.98 Å². The summed E-state index contributed by atoms with van der Waals surface area (Å²) < 4.78 is 2.99. The number of carbonyl (C=O) groups is 1. The van der Waals surface area contributed by atoms with Crippen LogP contribution in [0.1, 0.15) is 29.3 Å². The highest BCUT2D eigenvalue weighted by Crippen LogP contribution is 2.32. The summed E-state index contributed by atoms with van der Waals surface area (Å²) in [6.07, 6.45) is 6.92. The van der Waals surface area contributed by atoms with Gasteiger partial charge in [-0.15, -0.1) is 0 Å². The molecule has 0 bridgehead atoms. The van der Waals surface area contributed by atoms with E-state index in [0.29, 0.717) is 23.7 Å². The fourth-order valence-corrected chi connectivity index (χ4v) is 4.43. The quantitative estimate of drug-likeness (QED) is 0.295. The van der Waals surface area contributed by atoms with Gasteiger partial charge in [-0.05, 0) is 36.6 Å². The molecule has 0 N–H and O–H groups in total. The Labute approximate surface area is 182 Å². The molecule has 2 aromatic carbocycles. The topological polar surface area (TPSA) is 94.2 Å². The predicted molar refractivity (Wildman–Crippen MR) is 121 cm³/mol. The molecule has 0 aliphatic carbocycles. The lowest BCUT2D eigenvalue weighted by molar-refractivity contribution is -0.384. The number of aryl methyl sites for hydroxylation is 2. The number of fused-ring (bicyclic) bond motifs is 1. The number of nitro benzene ring substituents is 1. The molecule has 0 spiro atoms. The fourth-order valence-electron chi connectivity index (χ4n) is 3.39. The molecule has 8 nitrogen and oxygen atoms in total. The number of anilines is 1. The number of hydrogen-bond donors (Lipinski definition) is 0. The Morgan fingerprint density at radius 3 is 2.71 bits per heavy atom. The van der Waals surface area contributed by atoms with Crippen LogP contribution in [-0.4, -0.2) is 31.9 Å². The molecule has 158 valence electrons. The van der Waals surface area contributed by atoms with Crippen LogP contribution in [0.25, 0.3) is 10.2 Å². The zero-order valence-electron chi connectivity index (χ0n) is 17.0. The SMILES string of the molecule is CCc1cccc2sc(N(CCCn3ccnc3)C(=O)c3ccc([N+](=O)[O-])cc3)nc12. The first-order valence-electron chi connectivity index (χ1n) is 9.97. The highest BCUT2D eigenvalue weighted by Gasteiger charge is 2.22. The normalized spacial score (nSPS) is 11.0. The first kappa shape index (κ1) is 20.7. The molecule has 2 heterocycles. The summed E-state index contributed by atoms with van der Waals surface area (Å²) in [6, 6.07) is 11.8. The molecule has 31 heavy (non-hydrogen) atoms. The van der Waals surface area contributed by atoms with E-state index in [1.165, 1.54) is 35.6 Å². The molecule has 4 rings (SSSR count). The van der Waals surface area contributed by atoms with Crippen LogP contribution in [0, 0.1) is 10.1 Å². The van der Waals surface area contributed by atoms with Crippen LogP contribution in [-0.2, 0) is 13.0 Å². The third kappa shape index (κ3) is 4.46. The fraction of sp³-hybridized carbons (Fsp3) is 0.227. The van der Waals surface area contributed by atoms with Crippen LogP contribution in [0.4, 0.5) is 10.8 Å². The molecule has 9 heteroatoms. The Balaban J connectivity index is 1.65. The van der Waals surface area contributed by atoms with Gasteiger partial charge in [-0.3, -0.25) is 19.8 Å². The lowest BCUT2D eigenvalue weighted by Gasteiger charge is -2.20. The first-order valence-corrected chi connectivity index (χ1v) is 10.8. The minimum absolute atomic E-state index is 0.0456. The number of rotatable bonds is 8. The molecule has 0 aliphatic heterocycles. The maximum Gasteiger partial charge on any atom is 0.269 e. The van der Waals surface area contributed by atoms with Crippen molar-refractivity contribution >= 4 is 38.3 Å². The van der Waals surface area contributed by atoms with E-state index in [0.717, 1.165) is 28.7 Å². The van der Waals surface area contributed by atoms with Crippen LogP contribution in [0.5, 0.6) is 0 Å². The summed E-state index contributed by atoms with van der Waals surface area (Å²) in [4.78, 5) is 34.3. The molecule has 0 saturated carbocycles. The zero-order valence-corrected chi connectivity index (χ0v) is 17.8. The van der Waals surface area contributed by atoms with Crippen LogP contribution >= 0.6 is 11.3 Å². The highest BCUT2D eigenvalue weighted by atomic mass is 32.1. The second kappa shape index (κ2) is 9.05. The van der Waals surface area contributed by atoms with Crippen molar-refractivity contribution in [3.8, 4) is 0 Å². The zero-order chi connectivity index (χ0) is 21.8. The molecule has 0 aliphatic rings. The second-order valence-corrected chi connectivity index (χ2v) is 8.04. The Morgan fingerprint density at radius 1 is 1.23 bits per heavy atom. The molecule has 0 radical (unpaired) electrons. The Kier molecular flexibility index (Phi) is 6.03.